The molecule has 1 atom stereocenters. The second-order valence-electron chi connectivity index (χ2n) is 6.75. The third-order valence-electron chi connectivity index (χ3n) is 3.47. The Kier molecular flexibility index (Phi) is 7.60. The molecule has 0 aliphatic rings. The number of unbranched alkanes of at least 4 members (excludes halogenated alkanes) is 1. The molecular weight excluding hydrogens is 272 g/mol. The monoisotopic (exact) mass is 302 g/mol. The van der Waals surface area contributed by atoms with Crippen LogP contribution < -0.4 is 4.74 Å². The highest BCUT2D eigenvalue weighted by Crippen LogP contribution is 2.17. The van der Waals surface area contributed by atoms with E-state index < -0.39 is 8.07 Å². The van der Waals surface area contributed by atoms with Crippen LogP contribution in [0, 0.1) is 17.4 Å². The highest BCUT2D eigenvalue weighted by molar-refractivity contribution is 6.83. The van der Waals surface area contributed by atoms with Gasteiger partial charge in [-0.2, -0.15) is 0 Å². The smallest absolute Gasteiger partial charge is 0.129 e. The number of rotatable bonds is 7. The van der Waals surface area contributed by atoms with Gasteiger partial charge < -0.3 is 4.74 Å². The Morgan fingerprint density at radius 2 is 1.76 bits per heavy atom. The quantitative estimate of drug-likeness (QED) is 0.476. The van der Waals surface area contributed by atoms with E-state index in [1.807, 2.05) is 12.1 Å². The summed E-state index contributed by atoms with van der Waals surface area (Å²) in [7, 11) is -1.29. The molecule has 0 amide bonds. The number of ether oxygens (including phenoxy) is 1. The van der Waals surface area contributed by atoms with Gasteiger partial charge in [-0.3, -0.25) is 0 Å². The molecule has 0 N–H and O–H groups in total. The molecule has 0 aliphatic carbocycles. The fourth-order valence-electron chi connectivity index (χ4n) is 2.01. The van der Waals surface area contributed by atoms with Gasteiger partial charge in [0.25, 0.3) is 0 Å². The van der Waals surface area contributed by atoms with Crippen molar-refractivity contribution in [3.05, 3.63) is 29.8 Å². The first-order valence-electron chi connectivity index (χ1n) is 8.20. The zero-order chi connectivity index (χ0) is 15.7. The van der Waals surface area contributed by atoms with Gasteiger partial charge in [-0.25, -0.2) is 0 Å². The van der Waals surface area contributed by atoms with Crippen molar-refractivity contribution >= 4 is 8.07 Å². The van der Waals surface area contributed by atoms with Crippen LogP contribution in [0.5, 0.6) is 5.75 Å². The number of hydrogen-bond acceptors (Lipinski definition) is 1. The number of hydrogen-bond donors (Lipinski definition) is 0. The van der Waals surface area contributed by atoms with E-state index in [0.29, 0.717) is 5.92 Å². The fourth-order valence-corrected chi connectivity index (χ4v) is 2.53. The van der Waals surface area contributed by atoms with Crippen LogP contribution in [-0.2, 0) is 0 Å². The summed E-state index contributed by atoms with van der Waals surface area (Å²) in [6, 6.07) is 8.21. The molecule has 0 heterocycles. The van der Waals surface area contributed by atoms with Gasteiger partial charge in [0.2, 0.25) is 0 Å². The van der Waals surface area contributed by atoms with E-state index >= 15 is 0 Å². The Balaban J connectivity index is 2.52. The standard InChI is InChI=1S/C19H30OSi/c1-6-8-9-17(7-2)16-20-19-12-10-18(11-13-19)14-15-21(3,4)5/h10-13,17H,6-9,16H2,1-5H3. The Morgan fingerprint density at radius 3 is 2.29 bits per heavy atom. The van der Waals surface area contributed by atoms with Crippen molar-refractivity contribution in [2.24, 2.45) is 5.92 Å². The van der Waals surface area contributed by atoms with Crippen molar-refractivity contribution in [2.45, 2.75) is 59.2 Å². The van der Waals surface area contributed by atoms with Gasteiger partial charge in [0, 0.05) is 5.56 Å². The maximum absolute atomic E-state index is 5.92. The third kappa shape index (κ3) is 7.97. The molecule has 0 bridgehead atoms. The molecule has 0 saturated carbocycles. The van der Waals surface area contributed by atoms with Crippen molar-refractivity contribution in [2.75, 3.05) is 6.61 Å². The van der Waals surface area contributed by atoms with Crippen LogP contribution in [0.15, 0.2) is 24.3 Å². The molecule has 0 aliphatic heterocycles. The molecule has 1 rings (SSSR count). The molecular formula is C19H30OSi. The average Bonchev–Trinajstić information content (AvgIpc) is 2.46. The maximum Gasteiger partial charge on any atom is 0.129 e. The van der Waals surface area contributed by atoms with Crippen LogP contribution in [0.1, 0.15) is 45.1 Å². The van der Waals surface area contributed by atoms with Crippen LogP contribution in [0.3, 0.4) is 0 Å². The molecule has 0 spiro atoms. The van der Waals surface area contributed by atoms with E-state index in [-0.39, 0.29) is 0 Å². The lowest BCUT2D eigenvalue weighted by Gasteiger charge is -2.15. The Morgan fingerprint density at radius 1 is 1.10 bits per heavy atom. The molecule has 0 radical (unpaired) electrons. The van der Waals surface area contributed by atoms with Gasteiger partial charge in [0.15, 0.2) is 0 Å². The molecule has 0 aromatic heterocycles. The topological polar surface area (TPSA) is 9.23 Å². The molecule has 0 saturated heterocycles. The SMILES string of the molecule is CCCCC(CC)COc1ccc(C#C[Si](C)(C)C)cc1. The molecule has 1 nitrogen and oxygen atoms in total. The summed E-state index contributed by atoms with van der Waals surface area (Å²) in [4.78, 5) is 0. The van der Waals surface area contributed by atoms with Gasteiger partial charge in [-0.05, 0) is 36.6 Å². The molecule has 1 aromatic carbocycles. The second-order valence-corrected chi connectivity index (χ2v) is 11.5. The van der Waals surface area contributed by atoms with Gasteiger partial charge in [0.05, 0.1) is 6.61 Å². The van der Waals surface area contributed by atoms with E-state index in [1.165, 1.54) is 25.7 Å². The molecule has 1 unspecified atom stereocenters. The fraction of sp³-hybridized carbons (Fsp3) is 0.579. The van der Waals surface area contributed by atoms with Crippen LogP contribution in [0.4, 0.5) is 0 Å². The van der Waals surface area contributed by atoms with Crippen molar-refractivity contribution in [1.82, 2.24) is 0 Å². The third-order valence-corrected chi connectivity index (χ3v) is 4.34. The van der Waals surface area contributed by atoms with Crippen molar-refractivity contribution in [1.29, 1.82) is 0 Å². The van der Waals surface area contributed by atoms with Crippen molar-refractivity contribution < 1.29 is 4.74 Å². The molecule has 21 heavy (non-hydrogen) atoms. The summed E-state index contributed by atoms with van der Waals surface area (Å²) in [5, 5.41) is 0. The molecule has 116 valence electrons. The van der Waals surface area contributed by atoms with E-state index in [2.05, 4.69) is 57.1 Å². The lowest BCUT2D eigenvalue weighted by Crippen LogP contribution is -2.16. The average molecular weight is 303 g/mol. The lowest BCUT2D eigenvalue weighted by molar-refractivity contribution is 0.233. The predicted molar refractivity (Wildman–Crippen MR) is 95.5 cm³/mol. The van der Waals surface area contributed by atoms with Crippen molar-refractivity contribution in [3.8, 4) is 17.2 Å². The summed E-state index contributed by atoms with van der Waals surface area (Å²) in [5.74, 6) is 4.91. The zero-order valence-corrected chi connectivity index (χ0v) is 15.3. The van der Waals surface area contributed by atoms with Crippen LogP contribution in [-0.4, -0.2) is 14.7 Å². The summed E-state index contributed by atoms with van der Waals surface area (Å²) < 4.78 is 5.92. The minimum atomic E-state index is -1.29. The van der Waals surface area contributed by atoms with Gasteiger partial charge in [-0.15, -0.1) is 5.54 Å². The van der Waals surface area contributed by atoms with E-state index in [9.17, 15) is 0 Å². The summed E-state index contributed by atoms with van der Waals surface area (Å²) in [5.41, 5.74) is 4.47. The first kappa shape index (κ1) is 17.8. The largest absolute Gasteiger partial charge is 0.493 e. The Hall–Kier alpha value is -1.20. The van der Waals surface area contributed by atoms with Crippen LogP contribution in [0.25, 0.3) is 0 Å². The van der Waals surface area contributed by atoms with Crippen LogP contribution in [0.2, 0.25) is 19.6 Å². The highest BCUT2D eigenvalue weighted by Gasteiger charge is 2.08. The first-order chi connectivity index (χ1) is 9.94. The first-order valence-corrected chi connectivity index (χ1v) is 11.7. The van der Waals surface area contributed by atoms with Gasteiger partial charge >= 0.3 is 0 Å². The van der Waals surface area contributed by atoms with E-state index in [1.54, 1.807) is 0 Å². The van der Waals surface area contributed by atoms with Gasteiger partial charge in [-0.1, -0.05) is 58.7 Å². The van der Waals surface area contributed by atoms with Crippen LogP contribution >= 0.6 is 0 Å². The van der Waals surface area contributed by atoms with Crippen molar-refractivity contribution in [3.63, 3.8) is 0 Å². The van der Waals surface area contributed by atoms with Gasteiger partial charge in [0.1, 0.15) is 13.8 Å². The normalized spacial score (nSPS) is 12.4. The predicted octanol–water partition coefficient (Wildman–Crippen LogP) is 5.51. The zero-order valence-electron chi connectivity index (χ0n) is 14.3. The molecule has 1 aromatic rings. The number of benzene rings is 1. The highest BCUT2D eigenvalue weighted by atomic mass is 28.3. The Bertz CT molecular complexity index is 459. The Labute approximate surface area is 132 Å². The second kappa shape index (κ2) is 8.95. The maximum atomic E-state index is 5.92. The lowest BCUT2D eigenvalue weighted by atomic mass is 10.0. The summed E-state index contributed by atoms with van der Waals surface area (Å²) >= 11 is 0. The van der Waals surface area contributed by atoms with E-state index in [4.69, 9.17) is 4.74 Å². The summed E-state index contributed by atoms with van der Waals surface area (Å²) in [6.45, 7) is 12.1. The molecule has 2 heteroatoms. The summed E-state index contributed by atoms with van der Waals surface area (Å²) in [6.07, 6.45) is 5.03. The molecule has 0 fully saturated rings. The van der Waals surface area contributed by atoms with E-state index in [0.717, 1.165) is 17.9 Å². The minimum absolute atomic E-state index is 0.677. The minimum Gasteiger partial charge on any atom is -0.493 e.